The number of amides is 1. The van der Waals surface area contributed by atoms with Gasteiger partial charge in [-0.3, -0.25) is 9.69 Å². The summed E-state index contributed by atoms with van der Waals surface area (Å²) in [6, 6.07) is 7.84. The third kappa shape index (κ3) is 4.47. The molecule has 1 amide bonds. The van der Waals surface area contributed by atoms with Crippen LogP contribution >= 0.6 is 0 Å². The Morgan fingerprint density at radius 1 is 1.32 bits per heavy atom. The number of aryl methyl sites for hydroxylation is 1. The van der Waals surface area contributed by atoms with Crippen LogP contribution in [0.3, 0.4) is 0 Å². The Kier molecular flexibility index (Phi) is 5.11. The summed E-state index contributed by atoms with van der Waals surface area (Å²) in [5.74, 6) is -0.523. The Morgan fingerprint density at radius 3 is 2.41 bits per heavy atom. The summed E-state index contributed by atoms with van der Waals surface area (Å²) >= 11 is 0. The number of hydrogen-bond donors (Lipinski definition) is 1. The predicted octanol–water partition coefficient (Wildman–Crippen LogP) is 2.92. The maximum Gasteiger partial charge on any atom is 0.401 e. The van der Waals surface area contributed by atoms with E-state index >= 15 is 0 Å². The highest BCUT2D eigenvalue weighted by Gasteiger charge is 2.39. The fourth-order valence-electron chi connectivity index (χ4n) is 2.57. The number of rotatable bonds is 5. The molecule has 3 nitrogen and oxygen atoms in total. The number of benzene rings is 1. The Morgan fingerprint density at radius 2 is 1.91 bits per heavy atom. The zero-order valence-electron chi connectivity index (χ0n) is 12.8. The molecule has 1 aromatic carbocycles. The molecule has 0 aromatic heterocycles. The van der Waals surface area contributed by atoms with E-state index in [1.807, 2.05) is 31.2 Å². The van der Waals surface area contributed by atoms with Crippen molar-refractivity contribution in [1.82, 2.24) is 10.2 Å². The van der Waals surface area contributed by atoms with Crippen molar-refractivity contribution in [2.75, 3.05) is 19.6 Å². The first-order valence-corrected chi connectivity index (χ1v) is 7.47. The van der Waals surface area contributed by atoms with E-state index in [1.54, 1.807) is 0 Å². The van der Waals surface area contributed by atoms with E-state index < -0.39 is 12.7 Å². The second-order valence-corrected chi connectivity index (χ2v) is 5.83. The van der Waals surface area contributed by atoms with Gasteiger partial charge in [0.2, 0.25) is 5.91 Å². The lowest BCUT2D eigenvalue weighted by Gasteiger charge is -2.38. The van der Waals surface area contributed by atoms with Crippen molar-refractivity contribution in [3.05, 3.63) is 35.4 Å². The zero-order valence-corrected chi connectivity index (χ0v) is 12.8. The number of carbonyl (C=O) groups is 1. The van der Waals surface area contributed by atoms with Crippen molar-refractivity contribution in [3.63, 3.8) is 0 Å². The average Bonchev–Trinajstić information content (AvgIpc) is 2.41. The molecule has 6 heteroatoms. The molecule has 22 heavy (non-hydrogen) atoms. The van der Waals surface area contributed by atoms with Crippen LogP contribution in [0.5, 0.6) is 0 Å². The molecular formula is C16H21F3N2O. The molecule has 1 unspecified atom stereocenters. The van der Waals surface area contributed by atoms with Crippen LogP contribution in [-0.2, 0) is 11.2 Å². The van der Waals surface area contributed by atoms with Crippen molar-refractivity contribution >= 4 is 5.91 Å². The van der Waals surface area contributed by atoms with Gasteiger partial charge in [0.1, 0.15) is 0 Å². The SMILES string of the molecule is CCc1ccc(C(C)NC(=O)C2CN(CC(F)(F)F)C2)cc1. The standard InChI is InChI=1S/C16H21F3N2O/c1-3-12-4-6-13(7-5-12)11(2)20-15(22)14-8-21(9-14)10-16(17,18)19/h4-7,11,14H,3,8-10H2,1-2H3,(H,20,22). The summed E-state index contributed by atoms with van der Waals surface area (Å²) in [6.45, 7) is 3.36. The van der Waals surface area contributed by atoms with Gasteiger partial charge in [-0.05, 0) is 24.5 Å². The fourth-order valence-corrected chi connectivity index (χ4v) is 2.57. The molecule has 0 spiro atoms. The molecule has 1 aromatic rings. The number of nitrogens with zero attached hydrogens (tertiary/aromatic N) is 1. The first kappa shape index (κ1) is 16.8. The van der Waals surface area contributed by atoms with Crippen LogP contribution in [0, 0.1) is 5.92 Å². The molecule has 0 saturated carbocycles. The topological polar surface area (TPSA) is 32.3 Å². The van der Waals surface area contributed by atoms with Gasteiger partial charge in [0.15, 0.2) is 0 Å². The number of hydrogen-bond acceptors (Lipinski definition) is 2. The van der Waals surface area contributed by atoms with Crippen molar-refractivity contribution in [2.24, 2.45) is 5.92 Å². The second-order valence-electron chi connectivity index (χ2n) is 5.83. The molecule has 1 heterocycles. The summed E-state index contributed by atoms with van der Waals surface area (Å²) in [7, 11) is 0. The van der Waals surface area contributed by atoms with Crippen LogP contribution in [0.4, 0.5) is 13.2 Å². The lowest BCUT2D eigenvalue weighted by atomic mass is 9.98. The van der Waals surface area contributed by atoms with Gasteiger partial charge < -0.3 is 5.32 Å². The van der Waals surface area contributed by atoms with Gasteiger partial charge in [-0.1, -0.05) is 31.2 Å². The van der Waals surface area contributed by atoms with Gasteiger partial charge in [0.25, 0.3) is 0 Å². The van der Waals surface area contributed by atoms with Gasteiger partial charge in [-0.25, -0.2) is 0 Å². The molecule has 0 bridgehead atoms. The summed E-state index contributed by atoms with van der Waals surface area (Å²) in [5, 5.41) is 2.87. The van der Waals surface area contributed by atoms with Gasteiger partial charge in [0, 0.05) is 13.1 Å². The van der Waals surface area contributed by atoms with Crippen molar-refractivity contribution < 1.29 is 18.0 Å². The molecule has 0 radical (unpaired) electrons. The molecule has 1 fully saturated rings. The second kappa shape index (κ2) is 6.69. The van der Waals surface area contributed by atoms with E-state index in [-0.39, 0.29) is 31.0 Å². The summed E-state index contributed by atoms with van der Waals surface area (Å²) in [4.78, 5) is 13.3. The van der Waals surface area contributed by atoms with Gasteiger partial charge in [-0.2, -0.15) is 13.2 Å². The Hall–Kier alpha value is -1.56. The molecule has 122 valence electrons. The van der Waals surface area contributed by atoms with E-state index in [1.165, 1.54) is 10.5 Å². The van der Waals surface area contributed by atoms with Gasteiger partial charge in [0.05, 0.1) is 18.5 Å². The number of nitrogens with one attached hydrogen (secondary N) is 1. The Bertz CT molecular complexity index is 507. The molecule has 0 aliphatic carbocycles. The first-order chi connectivity index (χ1) is 10.3. The van der Waals surface area contributed by atoms with E-state index in [9.17, 15) is 18.0 Å². The highest BCUT2D eigenvalue weighted by atomic mass is 19.4. The summed E-state index contributed by atoms with van der Waals surface area (Å²) < 4.78 is 36.6. The summed E-state index contributed by atoms with van der Waals surface area (Å²) in [5.41, 5.74) is 2.22. The van der Waals surface area contributed by atoms with Crippen LogP contribution in [0.25, 0.3) is 0 Å². The molecule has 1 aliphatic rings. The normalized spacial score (nSPS) is 17.9. The van der Waals surface area contributed by atoms with Crippen LogP contribution in [0.2, 0.25) is 0 Å². The molecule has 1 N–H and O–H groups in total. The Labute approximate surface area is 128 Å². The lowest BCUT2D eigenvalue weighted by molar-refractivity contribution is -0.163. The van der Waals surface area contributed by atoms with E-state index in [2.05, 4.69) is 12.2 Å². The molecular weight excluding hydrogens is 293 g/mol. The largest absolute Gasteiger partial charge is 0.401 e. The monoisotopic (exact) mass is 314 g/mol. The predicted molar refractivity (Wildman–Crippen MR) is 78.4 cm³/mol. The van der Waals surface area contributed by atoms with E-state index in [4.69, 9.17) is 0 Å². The minimum absolute atomic E-state index is 0.143. The molecule has 2 rings (SSSR count). The van der Waals surface area contributed by atoms with Crippen LogP contribution in [0.15, 0.2) is 24.3 Å². The van der Waals surface area contributed by atoms with Crippen LogP contribution in [0.1, 0.15) is 31.0 Å². The number of halogens is 3. The maximum atomic E-state index is 12.2. The highest BCUT2D eigenvalue weighted by Crippen LogP contribution is 2.24. The van der Waals surface area contributed by atoms with Crippen LogP contribution in [-0.4, -0.2) is 36.6 Å². The van der Waals surface area contributed by atoms with Gasteiger partial charge >= 0.3 is 6.18 Å². The zero-order chi connectivity index (χ0) is 16.3. The number of carbonyl (C=O) groups excluding carboxylic acids is 1. The maximum absolute atomic E-state index is 12.2. The smallest absolute Gasteiger partial charge is 0.349 e. The molecule has 1 aliphatic heterocycles. The minimum atomic E-state index is -4.20. The minimum Gasteiger partial charge on any atom is -0.349 e. The number of alkyl halides is 3. The third-order valence-electron chi connectivity index (χ3n) is 3.98. The van der Waals surface area contributed by atoms with E-state index in [0.717, 1.165) is 12.0 Å². The first-order valence-electron chi connectivity index (χ1n) is 7.47. The van der Waals surface area contributed by atoms with Gasteiger partial charge in [-0.15, -0.1) is 0 Å². The number of likely N-dealkylation sites (tertiary alicyclic amines) is 1. The average molecular weight is 314 g/mol. The molecule has 1 atom stereocenters. The van der Waals surface area contributed by atoms with E-state index in [0.29, 0.717) is 0 Å². The third-order valence-corrected chi connectivity index (χ3v) is 3.98. The molecule has 1 saturated heterocycles. The Balaban J connectivity index is 1.80. The summed E-state index contributed by atoms with van der Waals surface area (Å²) in [6.07, 6.45) is -3.24. The van der Waals surface area contributed by atoms with Crippen molar-refractivity contribution in [3.8, 4) is 0 Å². The fraction of sp³-hybridized carbons (Fsp3) is 0.562. The van der Waals surface area contributed by atoms with Crippen molar-refractivity contribution in [1.29, 1.82) is 0 Å². The van der Waals surface area contributed by atoms with Crippen molar-refractivity contribution in [2.45, 2.75) is 32.5 Å². The van der Waals surface area contributed by atoms with Crippen LogP contribution < -0.4 is 5.32 Å². The highest BCUT2D eigenvalue weighted by molar-refractivity contribution is 5.80. The quantitative estimate of drug-likeness (QED) is 0.906. The lowest BCUT2D eigenvalue weighted by Crippen LogP contribution is -2.56.